The van der Waals surface area contributed by atoms with E-state index in [0.29, 0.717) is 48.8 Å². The first-order valence-electron chi connectivity index (χ1n) is 8.06. The van der Waals surface area contributed by atoms with Gasteiger partial charge in [-0.05, 0) is 48.6 Å². The van der Waals surface area contributed by atoms with Gasteiger partial charge in [-0.15, -0.1) is 0 Å². The molecule has 24 heavy (non-hydrogen) atoms. The minimum atomic E-state index is -3.30. The van der Waals surface area contributed by atoms with Crippen molar-refractivity contribution in [1.82, 2.24) is 0 Å². The number of hydrogen-bond donors (Lipinski definition) is 1. The van der Waals surface area contributed by atoms with Crippen LogP contribution in [0.2, 0.25) is 0 Å². The number of benzene rings is 1. The third-order valence-corrected chi connectivity index (χ3v) is 5.99. The predicted molar refractivity (Wildman–Crippen MR) is 90.4 cm³/mol. The van der Waals surface area contributed by atoms with Crippen LogP contribution in [0.15, 0.2) is 41.1 Å². The molecule has 1 fully saturated rings. The second kappa shape index (κ2) is 9.15. The lowest BCUT2D eigenvalue weighted by molar-refractivity contribution is 0.0723. The Hall–Kier alpha value is -1.44. The molecule has 2 rings (SSSR count). The normalized spacial score (nSPS) is 17.0. The molecule has 2 N–H and O–H groups in total. The van der Waals surface area contributed by atoms with Gasteiger partial charge in [0.25, 0.3) is 0 Å². The Kier molecular flexibility index (Phi) is 7.20. The summed E-state index contributed by atoms with van der Waals surface area (Å²) >= 11 is 0. The molecule has 0 saturated carbocycles. The van der Waals surface area contributed by atoms with Crippen LogP contribution in [0.4, 0.5) is 4.39 Å². The summed E-state index contributed by atoms with van der Waals surface area (Å²) < 4.78 is 48.0. The molecule has 1 saturated heterocycles. The second-order valence-electron chi connectivity index (χ2n) is 5.88. The van der Waals surface area contributed by atoms with Crippen molar-refractivity contribution in [2.24, 2.45) is 11.7 Å². The first kappa shape index (κ1) is 18.9. The van der Waals surface area contributed by atoms with Crippen molar-refractivity contribution in [2.45, 2.75) is 24.2 Å². The van der Waals surface area contributed by atoms with Gasteiger partial charge in [0, 0.05) is 26.2 Å². The summed E-state index contributed by atoms with van der Waals surface area (Å²) in [6.45, 7) is 1.71. The third-order valence-electron chi connectivity index (χ3n) is 4.09. The lowest BCUT2D eigenvalue weighted by Crippen LogP contribution is -2.23. The van der Waals surface area contributed by atoms with Crippen LogP contribution < -0.4 is 10.5 Å². The highest BCUT2D eigenvalue weighted by Gasteiger charge is 2.23. The van der Waals surface area contributed by atoms with Crippen LogP contribution in [0.3, 0.4) is 0 Å². The Morgan fingerprint density at radius 3 is 2.54 bits per heavy atom. The summed E-state index contributed by atoms with van der Waals surface area (Å²) in [4.78, 5) is 0.299. The Morgan fingerprint density at radius 2 is 1.96 bits per heavy atom. The molecule has 0 unspecified atom stereocenters. The summed E-state index contributed by atoms with van der Waals surface area (Å²) in [5.41, 5.74) is 5.85. The SMILES string of the molecule is NC/C(=C\F)CCOc1ccc(S(=O)(=O)CC2CCOCC2)cc1. The van der Waals surface area contributed by atoms with Gasteiger partial charge in [0.1, 0.15) is 5.75 Å². The molecule has 0 bridgehead atoms. The Balaban J connectivity index is 1.90. The molecule has 0 aliphatic carbocycles. The standard InChI is InChI=1S/C17H24FNO4S/c18-11-15(12-19)7-10-23-16-1-3-17(4-2-16)24(20,21)13-14-5-8-22-9-6-14/h1-4,11,14H,5-10,12-13,19H2/b15-11-. The van der Waals surface area contributed by atoms with E-state index in [2.05, 4.69) is 0 Å². The molecular formula is C17H24FNO4S. The molecule has 0 aromatic heterocycles. The minimum absolute atomic E-state index is 0.151. The fraction of sp³-hybridized carbons (Fsp3) is 0.529. The van der Waals surface area contributed by atoms with Crippen molar-refractivity contribution < 1.29 is 22.3 Å². The lowest BCUT2D eigenvalue weighted by atomic mass is 10.0. The largest absolute Gasteiger partial charge is 0.493 e. The summed E-state index contributed by atoms with van der Waals surface area (Å²) in [7, 11) is -3.30. The van der Waals surface area contributed by atoms with Crippen LogP contribution in [0.1, 0.15) is 19.3 Å². The molecule has 5 nitrogen and oxygen atoms in total. The van der Waals surface area contributed by atoms with Gasteiger partial charge in [-0.3, -0.25) is 0 Å². The monoisotopic (exact) mass is 357 g/mol. The van der Waals surface area contributed by atoms with Crippen molar-refractivity contribution in [3.05, 3.63) is 36.2 Å². The van der Waals surface area contributed by atoms with Crippen LogP contribution in [-0.4, -0.2) is 40.5 Å². The number of halogens is 1. The van der Waals surface area contributed by atoms with Crippen LogP contribution in [0, 0.1) is 5.92 Å². The Morgan fingerprint density at radius 1 is 1.29 bits per heavy atom. The van der Waals surface area contributed by atoms with E-state index in [1.165, 1.54) is 0 Å². The molecular weight excluding hydrogens is 333 g/mol. The van der Waals surface area contributed by atoms with E-state index in [1.54, 1.807) is 24.3 Å². The van der Waals surface area contributed by atoms with E-state index in [-0.39, 0.29) is 18.2 Å². The number of hydrogen-bond acceptors (Lipinski definition) is 5. The van der Waals surface area contributed by atoms with E-state index in [9.17, 15) is 12.8 Å². The van der Waals surface area contributed by atoms with Gasteiger partial charge >= 0.3 is 0 Å². The molecule has 7 heteroatoms. The maximum Gasteiger partial charge on any atom is 0.178 e. The maximum absolute atomic E-state index is 12.4. The van der Waals surface area contributed by atoms with E-state index in [4.69, 9.17) is 15.2 Å². The predicted octanol–water partition coefficient (Wildman–Crippen LogP) is 2.47. The average Bonchev–Trinajstić information content (AvgIpc) is 2.60. The zero-order valence-corrected chi connectivity index (χ0v) is 14.4. The summed E-state index contributed by atoms with van der Waals surface area (Å²) in [6.07, 6.45) is 2.46. The van der Waals surface area contributed by atoms with Gasteiger partial charge in [-0.25, -0.2) is 12.8 Å². The summed E-state index contributed by atoms with van der Waals surface area (Å²) in [6, 6.07) is 6.36. The van der Waals surface area contributed by atoms with Crippen LogP contribution >= 0.6 is 0 Å². The summed E-state index contributed by atoms with van der Waals surface area (Å²) in [5, 5.41) is 0. The van der Waals surface area contributed by atoms with Crippen molar-refractivity contribution in [3.8, 4) is 5.75 Å². The molecule has 1 aliphatic rings. The van der Waals surface area contributed by atoms with Crippen molar-refractivity contribution >= 4 is 9.84 Å². The molecule has 134 valence electrons. The topological polar surface area (TPSA) is 78.6 Å². The van der Waals surface area contributed by atoms with Crippen LogP contribution in [0.5, 0.6) is 5.75 Å². The molecule has 0 spiro atoms. The number of ether oxygens (including phenoxy) is 2. The fourth-order valence-electron chi connectivity index (χ4n) is 2.56. The number of rotatable bonds is 8. The van der Waals surface area contributed by atoms with E-state index in [1.807, 2.05) is 0 Å². The smallest absolute Gasteiger partial charge is 0.178 e. The first-order valence-corrected chi connectivity index (χ1v) is 9.72. The molecule has 0 radical (unpaired) electrons. The highest BCUT2D eigenvalue weighted by atomic mass is 32.2. The molecule has 1 heterocycles. The lowest BCUT2D eigenvalue weighted by Gasteiger charge is -2.21. The van der Waals surface area contributed by atoms with Gasteiger partial charge in [0.15, 0.2) is 9.84 Å². The fourth-order valence-corrected chi connectivity index (χ4v) is 4.26. The van der Waals surface area contributed by atoms with Gasteiger partial charge in [-0.2, -0.15) is 0 Å². The van der Waals surface area contributed by atoms with E-state index >= 15 is 0 Å². The quantitative estimate of drug-likeness (QED) is 0.773. The molecule has 1 aromatic rings. The third kappa shape index (κ3) is 5.58. The first-order chi connectivity index (χ1) is 11.5. The average molecular weight is 357 g/mol. The maximum atomic E-state index is 12.4. The van der Waals surface area contributed by atoms with Crippen LogP contribution in [0.25, 0.3) is 0 Å². The van der Waals surface area contributed by atoms with Gasteiger partial charge in [0.2, 0.25) is 0 Å². The van der Waals surface area contributed by atoms with Crippen molar-refractivity contribution in [3.63, 3.8) is 0 Å². The number of sulfone groups is 1. The van der Waals surface area contributed by atoms with Gasteiger partial charge in [0.05, 0.1) is 23.6 Å². The highest BCUT2D eigenvalue weighted by molar-refractivity contribution is 7.91. The number of nitrogens with two attached hydrogens (primary N) is 1. The van der Waals surface area contributed by atoms with Gasteiger partial charge < -0.3 is 15.2 Å². The molecule has 1 aromatic carbocycles. The highest BCUT2D eigenvalue weighted by Crippen LogP contribution is 2.23. The Labute approximate surface area is 142 Å². The van der Waals surface area contributed by atoms with Crippen LogP contribution in [-0.2, 0) is 14.6 Å². The van der Waals surface area contributed by atoms with E-state index in [0.717, 1.165) is 12.8 Å². The molecule has 0 atom stereocenters. The van der Waals surface area contributed by atoms with Gasteiger partial charge in [-0.1, -0.05) is 0 Å². The Bertz CT molecular complexity index is 637. The van der Waals surface area contributed by atoms with E-state index < -0.39 is 9.84 Å². The van der Waals surface area contributed by atoms with Crippen molar-refractivity contribution in [1.29, 1.82) is 0 Å². The molecule has 0 amide bonds. The van der Waals surface area contributed by atoms with Crippen molar-refractivity contribution in [2.75, 3.05) is 32.1 Å². The summed E-state index contributed by atoms with van der Waals surface area (Å²) in [5.74, 6) is 0.856. The minimum Gasteiger partial charge on any atom is -0.493 e. The zero-order valence-electron chi connectivity index (χ0n) is 13.6. The second-order valence-corrected chi connectivity index (χ2v) is 7.91. The molecule has 1 aliphatic heterocycles. The zero-order chi connectivity index (χ0) is 17.4.